The first-order valence-electron chi connectivity index (χ1n) is 18.9. The lowest BCUT2D eigenvalue weighted by molar-refractivity contribution is -0.141. The lowest BCUT2D eigenvalue weighted by Crippen LogP contribution is -2.55. The number of hydrogen-bond donors (Lipinski definition) is 0. The van der Waals surface area contributed by atoms with Gasteiger partial charge in [-0.25, -0.2) is 28.1 Å². The van der Waals surface area contributed by atoms with Crippen molar-refractivity contribution < 1.29 is 28.6 Å². The number of esters is 3. The highest BCUT2D eigenvalue weighted by atomic mass is 32.2. The molecule has 51 heavy (non-hydrogen) atoms. The molecule has 1 aromatic rings. The number of nitrogens with zero attached hydrogens (tertiary/aromatic N) is 3. The molecule has 15 heteroatoms. The molecule has 0 aliphatic heterocycles. The molecule has 0 saturated carbocycles. The molecule has 12 nitrogen and oxygen atoms in total. The summed E-state index contributed by atoms with van der Waals surface area (Å²) >= 11 is 4.44. The van der Waals surface area contributed by atoms with Gasteiger partial charge in [0.05, 0.1) is 36.9 Å². The van der Waals surface area contributed by atoms with Crippen molar-refractivity contribution in [2.45, 2.75) is 137 Å². The van der Waals surface area contributed by atoms with Crippen LogP contribution in [-0.2, 0) is 48.2 Å². The minimum Gasteiger partial charge on any atom is -0.463 e. The lowest BCUT2D eigenvalue weighted by atomic mass is 10.2. The summed E-state index contributed by atoms with van der Waals surface area (Å²) in [5.74, 6) is 1.67. The van der Waals surface area contributed by atoms with Gasteiger partial charge in [0, 0.05) is 0 Å². The van der Waals surface area contributed by atoms with Crippen LogP contribution in [0.5, 0.6) is 0 Å². The molecule has 0 saturated heterocycles. The topological polar surface area (TPSA) is 145 Å². The molecular weight excluding hydrogens is 715 g/mol. The molecule has 0 unspecified atom stereocenters. The van der Waals surface area contributed by atoms with E-state index in [2.05, 4.69) is 20.8 Å². The second-order valence-electron chi connectivity index (χ2n) is 12.4. The van der Waals surface area contributed by atoms with Crippen molar-refractivity contribution in [2.75, 3.05) is 54.3 Å². The predicted octanol–water partition coefficient (Wildman–Crippen LogP) is 5.91. The number of rotatable bonds is 33. The van der Waals surface area contributed by atoms with Crippen LogP contribution in [0.25, 0.3) is 0 Å². The fourth-order valence-corrected chi connectivity index (χ4v) is 7.43. The molecule has 1 rings (SSSR count). The minimum absolute atomic E-state index is 0.164. The molecule has 0 N–H and O–H groups in total. The number of ether oxygens (including phenoxy) is 3. The molecule has 0 aliphatic carbocycles. The van der Waals surface area contributed by atoms with Crippen LogP contribution >= 0.6 is 35.3 Å². The van der Waals surface area contributed by atoms with Gasteiger partial charge in [-0.05, 0) is 36.5 Å². The zero-order valence-corrected chi connectivity index (χ0v) is 33.8. The van der Waals surface area contributed by atoms with E-state index in [4.69, 9.17) is 14.2 Å². The Kier molecular flexibility index (Phi) is 28.9. The van der Waals surface area contributed by atoms with E-state index in [0.29, 0.717) is 0 Å². The Balaban J connectivity index is 2.80. The monoisotopic (exact) mass is 777 g/mol. The molecule has 0 aliphatic rings. The lowest BCUT2D eigenvalue weighted by Gasteiger charge is -2.14. The summed E-state index contributed by atoms with van der Waals surface area (Å²) in [6.45, 7) is 4.96. The smallest absolute Gasteiger partial charge is 0.336 e. The minimum atomic E-state index is -0.899. The molecule has 0 aromatic carbocycles. The second kappa shape index (κ2) is 31.4. The molecule has 1 aromatic heterocycles. The predicted molar refractivity (Wildman–Crippen MR) is 210 cm³/mol. The van der Waals surface area contributed by atoms with Gasteiger partial charge in [0.2, 0.25) is 0 Å². The van der Waals surface area contributed by atoms with Gasteiger partial charge in [0.1, 0.15) is 19.8 Å². The van der Waals surface area contributed by atoms with Crippen molar-refractivity contribution in [1.29, 1.82) is 0 Å². The van der Waals surface area contributed by atoms with E-state index in [-0.39, 0.29) is 56.7 Å². The third-order valence-corrected chi connectivity index (χ3v) is 11.0. The number of unbranched alkanes of at least 4 members (excludes halogenated alkanes) is 12. The maximum absolute atomic E-state index is 13.3. The molecule has 0 fully saturated rings. The van der Waals surface area contributed by atoms with Gasteiger partial charge in [0.25, 0.3) is 0 Å². The van der Waals surface area contributed by atoms with E-state index in [1.807, 2.05) is 0 Å². The van der Waals surface area contributed by atoms with E-state index >= 15 is 0 Å². The average Bonchev–Trinajstić information content (AvgIpc) is 3.11. The number of carbonyl (C=O) groups is 3. The van der Waals surface area contributed by atoms with E-state index in [0.717, 1.165) is 69.5 Å². The molecule has 0 atom stereocenters. The van der Waals surface area contributed by atoms with Crippen molar-refractivity contribution in [1.82, 2.24) is 13.7 Å². The number of hydrogen-bond acceptors (Lipinski definition) is 12. The van der Waals surface area contributed by atoms with Gasteiger partial charge in [-0.15, -0.1) is 0 Å². The zero-order valence-electron chi connectivity index (χ0n) is 31.3. The van der Waals surface area contributed by atoms with E-state index < -0.39 is 35.0 Å². The van der Waals surface area contributed by atoms with Crippen LogP contribution in [0.3, 0.4) is 0 Å². The first-order chi connectivity index (χ1) is 24.8. The Morgan fingerprint density at radius 3 is 0.941 bits per heavy atom. The van der Waals surface area contributed by atoms with Gasteiger partial charge in [0.15, 0.2) is 0 Å². The Morgan fingerprint density at radius 1 is 0.431 bits per heavy atom. The van der Waals surface area contributed by atoms with Crippen molar-refractivity contribution >= 4 is 53.2 Å². The van der Waals surface area contributed by atoms with Crippen LogP contribution in [0.15, 0.2) is 14.4 Å². The van der Waals surface area contributed by atoms with Crippen LogP contribution in [-0.4, -0.2) is 85.9 Å². The summed E-state index contributed by atoms with van der Waals surface area (Å²) < 4.78 is 18.3. The normalized spacial score (nSPS) is 11.1. The van der Waals surface area contributed by atoms with Crippen LogP contribution in [0.4, 0.5) is 0 Å². The van der Waals surface area contributed by atoms with E-state index in [9.17, 15) is 28.8 Å². The van der Waals surface area contributed by atoms with Gasteiger partial charge in [-0.2, -0.15) is 35.3 Å². The Hall–Kier alpha value is -2.13. The van der Waals surface area contributed by atoms with Gasteiger partial charge in [-0.1, -0.05) is 97.8 Å². The van der Waals surface area contributed by atoms with Crippen molar-refractivity contribution in [3.8, 4) is 0 Å². The van der Waals surface area contributed by atoms with Crippen LogP contribution in [0.1, 0.15) is 117 Å². The quantitative estimate of drug-likeness (QED) is 0.0475. The van der Waals surface area contributed by atoms with E-state index in [1.54, 1.807) is 0 Å². The highest BCUT2D eigenvalue weighted by molar-refractivity contribution is 8.00. The SMILES string of the molecule is CCCCCCCSCC(=O)OCCn1c(=O)n(CCOC(=O)CSCCCCCCC)c(=O)n(CCOC(=O)CSCCCCCCC)c1=O. The Morgan fingerprint density at radius 2 is 0.686 bits per heavy atom. The summed E-state index contributed by atoms with van der Waals surface area (Å²) in [7, 11) is 0. The number of aromatic nitrogens is 3. The first kappa shape index (κ1) is 46.9. The second-order valence-corrected chi connectivity index (χ2v) is 15.7. The highest BCUT2D eigenvalue weighted by Crippen LogP contribution is 2.11. The highest BCUT2D eigenvalue weighted by Gasteiger charge is 2.17. The fraction of sp³-hybridized carbons (Fsp3) is 0.833. The molecule has 0 amide bonds. The summed E-state index contributed by atoms with van der Waals surface area (Å²) in [6, 6.07) is 0. The largest absolute Gasteiger partial charge is 0.463 e. The molecule has 0 radical (unpaired) electrons. The van der Waals surface area contributed by atoms with Crippen LogP contribution in [0, 0.1) is 0 Å². The molecule has 1 heterocycles. The van der Waals surface area contributed by atoms with Crippen molar-refractivity contribution in [3.05, 3.63) is 31.5 Å². The van der Waals surface area contributed by atoms with Gasteiger partial charge >= 0.3 is 35.0 Å². The standard InChI is InChI=1S/C36H63N3O9S3/c1-4-7-10-13-16-25-49-28-31(40)46-22-19-37-34(43)38(20-23-47-32(41)29-50-26-17-14-11-8-5-2)36(45)39(35(37)44)21-24-48-33(42)30-51-27-18-15-12-9-6-3/h4-30H2,1-3H3. The molecular formula is C36H63N3O9S3. The van der Waals surface area contributed by atoms with Crippen LogP contribution < -0.4 is 17.1 Å². The molecule has 0 bridgehead atoms. The van der Waals surface area contributed by atoms with Gasteiger partial charge < -0.3 is 14.2 Å². The zero-order chi connectivity index (χ0) is 37.5. The first-order valence-corrected chi connectivity index (χ1v) is 22.4. The van der Waals surface area contributed by atoms with Crippen molar-refractivity contribution in [3.63, 3.8) is 0 Å². The number of thioether (sulfide) groups is 3. The fourth-order valence-electron chi connectivity index (χ4n) is 5.02. The summed E-state index contributed by atoms with van der Waals surface area (Å²) in [5.41, 5.74) is -2.70. The van der Waals surface area contributed by atoms with E-state index in [1.165, 1.54) is 93.1 Å². The summed E-state index contributed by atoms with van der Waals surface area (Å²) in [5, 5.41) is 0. The third kappa shape index (κ3) is 22.5. The Labute approximate surface area is 316 Å². The van der Waals surface area contributed by atoms with Gasteiger partial charge in [-0.3, -0.25) is 14.4 Å². The average molecular weight is 778 g/mol. The molecule has 0 spiro atoms. The maximum Gasteiger partial charge on any atom is 0.336 e. The maximum atomic E-state index is 13.3. The Bertz CT molecular complexity index is 1100. The summed E-state index contributed by atoms with van der Waals surface area (Å²) in [6.07, 6.45) is 17.1. The number of carbonyl (C=O) groups excluding carboxylic acids is 3. The van der Waals surface area contributed by atoms with Crippen molar-refractivity contribution in [2.24, 2.45) is 0 Å². The summed E-state index contributed by atoms with van der Waals surface area (Å²) in [4.78, 5) is 76.7. The van der Waals surface area contributed by atoms with Crippen LogP contribution in [0.2, 0.25) is 0 Å². The third-order valence-electron chi connectivity index (χ3n) is 7.96. The molecule has 294 valence electrons.